The van der Waals surface area contributed by atoms with Crippen molar-refractivity contribution >= 4 is 46.6 Å². The van der Waals surface area contributed by atoms with Crippen molar-refractivity contribution < 1.29 is 4.79 Å². The second kappa shape index (κ2) is 9.11. The summed E-state index contributed by atoms with van der Waals surface area (Å²) in [5, 5.41) is 12.9. The highest BCUT2D eigenvalue weighted by molar-refractivity contribution is 7.99. The molecule has 2 aromatic rings. The van der Waals surface area contributed by atoms with Crippen LogP contribution in [0.1, 0.15) is 37.9 Å². The summed E-state index contributed by atoms with van der Waals surface area (Å²) in [5.41, 5.74) is 0.515. The number of hydrogen-bond donors (Lipinski definition) is 1. The largest absolute Gasteiger partial charge is 0.324 e. The van der Waals surface area contributed by atoms with Crippen LogP contribution >= 0.6 is 35.0 Å². The zero-order chi connectivity index (χ0) is 18.5. The van der Waals surface area contributed by atoms with Crippen molar-refractivity contribution in [3.05, 3.63) is 34.1 Å². The van der Waals surface area contributed by atoms with Gasteiger partial charge in [0, 0.05) is 13.5 Å². The van der Waals surface area contributed by atoms with Crippen molar-refractivity contribution in [3.8, 4) is 0 Å². The molecule has 140 valence electrons. The fraction of sp³-hybridized carbons (Fsp3) is 0.500. The molecule has 0 spiro atoms. The van der Waals surface area contributed by atoms with Gasteiger partial charge in [-0.25, -0.2) is 0 Å². The van der Waals surface area contributed by atoms with Crippen molar-refractivity contribution in [2.24, 2.45) is 13.0 Å². The highest BCUT2D eigenvalue weighted by Crippen LogP contribution is 2.30. The Balaban J connectivity index is 1.54. The summed E-state index contributed by atoms with van der Waals surface area (Å²) in [7, 11) is 1.96. The molecule has 0 radical (unpaired) electrons. The number of amides is 1. The second-order valence-corrected chi connectivity index (χ2v) is 8.33. The van der Waals surface area contributed by atoms with Crippen LogP contribution in [0.2, 0.25) is 10.0 Å². The number of rotatable bonds is 6. The molecule has 1 saturated carbocycles. The van der Waals surface area contributed by atoms with Gasteiger partial charge in [0.1, 0.15) is 5.82 Å². The molecule has 1 aromatic carbocycles. The Bertz CT molecular complexity index is 775. The molecule has 1 aromatic heterocycles. The second-order valence-electron chi connectivity index (χ2n) is 6.60. The van der Waals surface area contributed by atoms with E-state index in [0.717, 1.165) is 17.4 Å². The van der Waals surface area contributed by atoms with Gasteiger partial charge in [0.25, 0.3) is 0 Å². The van der Waals surface area contributed by atoms with Crippen LogP contribution in [0.4, 0.5) is 5.69 Å². The average molecular weight is 413 g/mol. The molecule has 1 N–H and O–H groups in total. The molecule has 0 aliphatic heterocycles. The molecule has 8 heteroatoms. The Morgan fingerprint density at radius 2 is 2.04 bits per heavy atom. The molecule has 3 rings (SSSR count). The number of benzene rings is 1. The Morgan fingerprint density at radius 1 is 1.27 bits per heavy atom. The van der Waals surface area contributed by atoms with E-state index < -0.39 is 0 Å². The number of nitrogens with one attached hydrogen (secondary N) is 1. The third-order valence-electron chi connectivity index (χ3n) is 4.68. The smallest absolute Gasteiger partial charge is 0.234 e. The quantitative estimate of drug-likeness (QED) is 0.679. The fourth-order valence-electron chi connectivity index (χ4n) is 3.21. The van der Waals surface area contributed by atoms with Crippen LogP contribution in [0.3, 0.4) is 0 Å². The summed E-state index contributed by atoms with van der Waals surface area (Å²) in [6, 6.07) is 5.15. The van der Waals surface area contributed by atoms with E-state index in [1.54, 1.807) is 18.2 Å². The molecule has 1 amide bonds. The highest BCUT2D eigenvalue weighted by atomic mass is 35.5. The van der Waals surface area contributed by atoms with Gasteiger partial charge in [0.15, 0.2) is 5.16 Å². The van der Waals surface area contributed by atoms with E-state index in [9.17, 15) is 4.79 Å². The van der Waals surface area contributed by atoms with Gasteiger partial charge < -0.3 is 9.88 Å². The van der Waals surface area contributed by atoms with Crippen LogP contribution in [0.15, 0.2) is 23.4 Å². The van der Waals surface area contributed by atoms with Gasteiger partial charge in [-0.05, 0) is 18.1 Å². The molecular formula is C18H22Cl2N4OS. The van der Waals surface area contributed by atoms with E-state index in [4.69, 9.17) is 23.2 Å². The molecule has 26 heavy (non-hydrogen) atoms. The maximum Gasteiger partial charge on any atom is 0.234 e. The number of thioether (sulfide) groups is 1. The van der Waals surface area contributed by atoms with Crippen LogP contribution in [-0.2, 0) is 18.3 Å². The summed E-state index contributed by atoms with van der Waals surface area (Å²) < 4.78 is 2.00. The summed E-state index contributed by atoms with van der Waals surface area (Å²) in [6.45, 7) is 0. The summed E-state index contributed by atoms with van der Waals surface area (Å²) >= 11 is 13.4. The maximum atomic E-state index is 12.2. The van der Waals surface area contributed by atoms with Gasteiger partial charge in [0.2, 0.25) is 5.91 Å². The molecule has 0 atom stereocenters. The van der Waals surface area contributed by atoms with E-state index in [0.29, 0.717) is 21.7 Å². The number of nitrogens with zero attached hydrogens (tertiary/aromatic N) is 3. The molecular weight excluding hydrogens is 391 g/mol. The van der Waals surface area contributed by atoms with Gasteiger partial charge in [0.05, 0.1) is 21.5 Å². The van der Waals surface area contributed by atoms with Gasteiger partial charge in [-0.2, -0.15) is 0 Å². The highest BCUT2D eigenvalue weighted by Gasteiger charge is 2.18. The van der Waals surface area contributed by atoms with E-state index in [1.807, 2.05) is 11.6 Å². The monoisotopic (exact) mass is 412 g/mol. The van der Waals surface area contributed by atoms with Crippen LogP contribution in [0.5, 0.6) is 0 Å². The van der Waals surface area contributed by atoms with Crippen LogP contribution < -0.4 is 5.32 Å². The zero-order valence-corrected chi connectivity index (χ0v) is 17.0. The molecule has 1 heterocycles. The van der Waals surface area contributed by atoms with Crippen molar-refractivity contribution in [1.29, 1.82) is 0 Å². The normalized spacial score (nSPS) is 15.2. The first-order valence-electron chi connectivity index (χ1n) is 8.79. The predicted octanol–water partition coefficient (Wildman–Crippen LogP) is 4.98. The molecule has 5 nitrogen and oxygen atoms in total. The summed E-state index contributed by atoms with van der Waals surface area (Å²) in [4.78, 5) is 12.2. The molecule has 1 aliphatic rings. The zero-order valence-electron chi connectivity index (χ0n) is 14.7. The average Bonchev–Trinajstić information content (AvgIpc) is 2.98. The molecule has 1 aliphatic carbocycles. The number of aromatic nitrogens is 3. The number of anilines is 1. The topological polar surface area (TPSA) is 59.8 Å². The Labute approximate surface area is 167 Å². The third kappa shape index (κ3) is 4.93. The Hall–Kier alpha value is -1.24. The minimum atomic E-state index is -0.156. The molecule has 0 saturated heterocycles. The van der Waals surface area contributed by atoms with Gasteiger partial charge in [-0.3, -0.25) is 4.79 Å². The van der Waals surface area contributed by atoms with Crippen LogP contribution in [-0.4, -0.2) is 26.4 Å². The lowest BCUT2D eigenvalue weighted by atomic mass is 9.87. The third-order valence-corrected chi connectivity index (χ3v) is 6.52. The first kappa shape index (κ1) is 19.5. The van der Waals surface area contributed by atoms with E-state index in [1.165, 1.54) is 43.9 Å². The SMILES string of the molecule is Cn1c(CC2CCCCC2)nnc1SCC(=O)Nc1cccc(Cl)c1Cl. The Morgan fingerprint density at radius 3 is 2.81 bits per heavy atom. The van der Waals surface area contributed by atoms with Gasteiger partial charge in [-0.1, -0.05) is 73.1 Å². The van der Waals surface area contributed by atoms with Crippen molar-refractivity contribution in [2.45, 2.75) is 43.7 Å². The van der Waals surface area contributed by atoms with Crippen molar-refractivity contribution in [1.82, 2.24) is 14.8 Å². The molecule has 0 bridgehead atoms. The van der Waals surface area contributed by atoms with E-state index in [-0.39, 0.29) is 11.7 Å². The van der Waals surface area contributed by atoms with Crippen LogP contribution in [0, 0.1) is 5.92 Å². The van der Waals surface area contributed by atoms with Crippen molar-refractivity contribution in [3.63, 3.8) is 0 Å². The first-order chi connectivity index (χ1) is 12.5. The van der Waals surface area contributed by atoms with E-state index >= 15 is 0 Å². The van der Waals surface area contributed by atoms with Gasteiger partial charge in [-0.15, -0.1) is 10.2 Å². The maximum absolute atomic E-state index is 12.2. The summed E-state index contributed by atoms with van der Waals surface area (Å²) in [6.07, 6.45) is 7.50. The number of carbonyl (C=O) groups excluding carboxylic acids is 1. The number of carbonyl (C=O) groups is 1. The van der Waals surface area contributed by atoms with Gasteiger partial charge >= 0.3 is 0 Å². The number of halogens is 2. The van der Waals surface area contributed by atoms with Crippen LogP contribution in [0.25, 0.3) is 0 Å². The number of hydrogen-bond acceptors (Lipinski definition) is 4. The minimum Gasteiger partial charge on any atom is -0.324 e. The lowest BCUT2D eigenvalue weighted by molar-refractivity contribution is -0.113. The van der Waals surface area contributed by atoms with Crippen molar-refractivity contribution in [2.75, 3.05) is 11.1 Å². The fourth-order valence-corrected chi connectivity index (χ4v) is 4.29. The lowest BCUT2D eigenvalue weighted by Crippen LogP contribution is -2.15. The van der Waals surface area contributed by atoms with E-state index in [2.05, 4.69) is 15.5 Å². The lowest BCUT2D eigenvalue weighted by Gasteiger charge is -2.20. The standard InChI is InChI=1S/C18H22Cl2N4OS/c1-24-15(10-12-6-3-2-4-7-12)22-23-18(24)26-11-16(25)21-14-9-5-8-13(19)17(14)20/h5,8-9,12H,2-4,6-7,10-11H2,1H3,(H,21,25). The molecule has 0 unspecified atom stereocenters. The summed E-state index contributed by atoms with van der Waals surface area (Å²) in [5.74, 6) is 1.78. The predicted molar refractivity (Wildman–Crippen MR) is 107 cm³/mol. The molecule has 1 fully saturated rings. The Kier molecular flexibility index (Phi) is 6.84. The minimum absolute atomic E-state index is 0.156. The first-order valence-corrected chi connectivity index (χ1v) is 10.5.